The molecule has 0 aliphatic heterocycles. The van der Waals surface area contributed by atoms with Crippen LogP contribution in [-0.4, -0.2) is 43.0 Å². The molecule has 0 aliphatic carbocycles. The fourth-order valence-electron chi connectivity index (χ4n) is 2.32. The summed E-state index contributed by atoms with van der Waals surface area (Å²) in [7, 11) is 0. The molecule has 2 heterocycles. The van der Waals surface area contributed by atoms with Gasteiger partial charge in [-0.15, -0.1) is 35.3 Å². The van der Waals surface area contributed by atoms with E-state index in [1.165, 1.54) is 4.88 Å². The third-order valence-corrected chi connectivity index (χ3v) is 5.03. The van der Waals surface area contributed by atoms with Gasteiger partial charge in [-0.05, 0) is 30.5 Å². The number of thiophene rings is 1. The van der Waals surface area contributed by atoms with Gasteiger partial charge < -0.3 is 16.0 Å². The molecule has 0 aliphatic rings. The molecule has 6 nitrogen and oxygen atoms in total. The number of carbonyl (C=O) groups is 1. The molecule has 0 spiro atoms. The van der Waals surface area contributed by atoms with Gasteiger partial charge in [0.05, 0.1) is 12.1 Å². The van der Waals surface area contributed by atoms with Gasteiger partial charge in [0.15, 0.2) is 5.96 Å². The van der Waals surface area contributed by atoms with Crippen LogP contribution in [0.5, 0.6) is 0 Å². The Hall–Kier alpha value is -1.68. The van der Waals surface area contributed by atoms with Crippen LogP contribution in [0.3, 0.4) is 0 Å². The van der Waals surface area contributed by atoms with Crippen molar-refractivity contribution in [3.63, 3.8) is 0 Å². The highest BCUT2D eigenvalue weighted by Crippen LogP contribution is 2.27. The number of aliphatic imine (C=N–C) groups is 1. The molecule has 0 saturated heterocycles. The minimum Gasteiger partial charge on any atom is -0.357 e. The Morgan fingerprint density at radius 1 is 1.19 bits per heavy atom. The second kappa shape index (κ2) is 11.9. The highest BCUT2D eigenvalue weighted by molar-refractivity contribution is 14.0. The van der Waals surface area contributed by atoms with Crippen LogP contribution in [0.1, 0.15) is 36.0 Å². The Kier molecular flexibility index (Phi) is 10.3. The van der Waals surface area contributed by atoms with Gasteiger partial charge in [0, 0.05) is 42.3 Å². The van der Waals surface area contributed by atoms with Gasteiger partial charge in [0.1, 0.15) is 0 Å². The lowest BCUT2D eigenvalue weighted by molar-refractivity contribution is 0.0954. The van der Waals surface area contributed by atoms with Crippen LogP contribution in [-0.2, 0) is 5.41 Å². The predicted octanol–water partition coefficient (Wildman–Crippen LogP) is 3.02. The Labute approximate surface area is 182 Å². The van der Waals surface area contributed by atoms with Crippen LogP contribution in [0.2, 0.25) is 0 Å². The summed E-state index contributed by atoms with van der Waals surface area (Å²) in [5.74, 6) is 0.633. The van der Waals surface area contributed by atoms with Gasteiger partial charge in [-0.3, -0.25) is 14.8 Å². The van der Waals surface area contributed by atoms with Crippen molar-refractivity contribution >= 4 is 47.2 Å². The number of carbonyl (C=O) groups excluding carboxylic acids is 1. The second-order valence-electron chi connectivity index (χ2n) is 6.48. The fraction of sp³-hybridized carbons (Fsp3) is 0.421. The number of aromatic nitrogens is 1. The van der Waals surface area contributed by atoms with Gasteiger partial charge in [0.25, 0.3) is 5.91 Å². The molecule has 2 aromatic rings. The first kappa shape index (κ1) is 23.4. The number of rotatable bonds is 8. The van der Waals surface area contributed by atoms with Crippen LogP contribution < -0.4 is 16.0 Å². The van der Waals surface area contributed by atoms with Gasteiger partial charge in [-0.25, -0.2) is 0 Å². The maximum absolute atomic E-state index is 12.0. The lowest BCUT2D eigenvalue weighted by Crippen LogP contribution is -2.42. The third-order valence-electron chi connectivity index (χ3n) is 3.79. The van der Waals surface area contributed by atoms with Crippen molar-refractivity contribution in [1.29, 1.82) is 0 Å². The smallest absolute Gasteiger partial charge is 0.252 e. The molecule has 8 heteroatoms. The van der Waals surface area contributed by atoms with Crippen LogP contribution >= 0.6 is 35.3 Å². The first-order valence-corrected chi connectivity index (χ1v) is 9.65. The molecule has 0 fully saturated rings. The normalized spacial score (nSPS) is 11.4. The van der Waals surface area contributed by atoms with Crippen LogP contribution in [0.4, 0.5) is 0 Å². The Bertz CT molecular complexity index is 704. The van der Waals surface area contributed by atoms with Crippen molar-refractivity contribution in [3.8, 4) is 0 Å². The Morgan fingerprint density at radius 3 is 2.59 bits per heavy atom. The molecule has 0 radical (unpaired) electrons. The summed E-state index contributed by atoms with van der Waals surface area (Å²) in [4.78, 5) is 21.9. The number of guanidine groups is 1. The molecule has 0 unspecified atom stereocenters. The minimum absolute atomic E-state index is 0. The largest absolute Gasteiger partial charge is 0.357 e. The SMILES string of the molecule is CCNC(=NCC(C)(C)c1cccs1)NCCNC(=O)c1cccnc1.I. The van der Waals surface area contributed by atoms with E-state index in [4.69, 9.17) is 4.99 Å². The molecule has 1 amide bonds. The fourth-order valence-corrected chi connectivity index (χ4v) is 3.16. The monoisotopic (exact) mass is 501 g/mol. The molecular formula is C19H28IN5OS. The van der Waals surface area contributed by atoms with Gasteiger partial charge in [0.2, 0.25) is 0 Å². The van der Waals surface area contributed by atoms with E-state index in [0.29, 0.717) is 25.2 Å². The quantitative estimate of drug-likeness (QED) is 0.225. The molecular weight excluding hydrogens is 473 g/mol. The molecule has 2 aromatic heterocycles. The van der Waals surface area contributed by atoms with E-state index >= 15 is 0 Å². The maximum atomic E-state index is 12.0. The number of pyridine rings is 1. The molecule has 0 bridgehead atoms. The zero-order valence-corrected chi connectivity index (χ0v) is 19.1. The summed E-state index contributed by atoms with van der Waals surface area (Å²) in [6, 6.07) is 7.71. The van der Waals surface area contributed by atoms with E-state index in [-0.39, 0.29) is 35.3 Å². The second-order valence-corrected chi connectivity index (χ2v) is 7.43. The van der Waals surface area contributed by atoms with Crippen molar-refractivity contribution in [2.45, 2.75) is 26.2 Å². The summed E-state index contributed by atoms with van der Waals surface area (Å²) >= 11 is 1.75. The first-order chi connectivity index (χ1) is 12.5. The lowest BCUT2D eigenvalue weighted by Gasteiger charge is -2.21. The summed E-state index contributed by atoms with van der Waals surface area (Å²) in [5, 5.41) is 11.5. The van der Waals surface area contributed by atoms with E-state index in [1.807, 2.05) is 6.92 Å². The van der Waals surface area contributed by atoms with Gasteiger partial charge in [-0.2, -0.15) is 0 Å². The Balaban J connectivity index is 0.00000364. The highest BCUT2D eigenvalue weighted by Gasteiger charge is 2.21. The minimum atomic E-state index is -0.124. The molecule has 0 aromatic carbocycles. The highest BCUT2D eigenvalue weighted by atomic mass is 127. The van der Waals surface area contributed by atoms with Gasteiger partial charge in [-0.1, -0.05) is 19.9 Å². The van der Waals surface area contributed by atoms with Crippen molar-refractivity contribution in [2.75, 3.05) is 26.2 Å². The average molecular weight is 501 g/mol. The lowest BCUT2D eigenvalue weighted by atomic mass is 9.92. The summed E-state index contributed by atoms with van der Waals surface area (Å²) in [6.07, 6.45) is 3.20. The molecule has 3 N–H and O–H groups in total. The Morgan fingerprint density at radius 2 is 1.96 bits per heavy atom. The number of hydrogen-bond donors (Lipinski definition) is 3. The number of hydrogen-bond acceptors (Lipinski definition) is 4. The average Bonchev–Trinajstić information content (AvgIpc) is 3.19. The summed E-state index contributed by atoms with van der Waals surface area (Å²) < 4.78 is 0. The molecule has 2 rings (SSSR count). The summed E-state index contributed by atoms with van der Waals surface area (Å²) in [5.41, 5.74) is 0.552. The molecule has 0 atom stereocenters. The molecule has 148 valence electrons. The topological polar surface area (TPSA) is 78.4 Å². The van der Waals surface area contributed by atoms with E-state index in [1.54, 1.807) is 35.9 Å². The van der Waals surface area contributed by atoms with Crippen LogP contribution in [0, 0.1) is 0 Å². The number of nitrogens with one attached hydrogen (secondary N) is 3. The van der Waals surface area contributed by atoms with Gasteiger partial charge >= 0.3 is 0 Å². The number of nitrogens with zero attached hydrogens (tertiary/aromatic N) is 2. The van der Waals surface area contributed by atoms with Crippen molar-refractivity contribution in [1.82, 2.24) is 20.9 Å². The van der Waals surface area contributed by atoms with Crippen molar-refractivity contribution in [2.24, 2.45) is 4.99 Å². The molecule has 0 saturated carbocycles. The standard InChI is InChI=1S/C19H27N5OS.HI/c1-4-21-18(24-14-19(2,3)16-8-6-12-26-16)23-11-10-22-17(25)15-7-5-9-20-13-15;/h5-9,12-13H,4,10-11,14H2,1-3H3,(H,22,25)(H2,21,23,24);1H. The maximum Gasteiger partial charge on any atom is 0.252 e. The van der Waals surface area contributed by atoms with Crippen molar-refractivity contribution in [3.05, 3.63) is 52.5 Å². The first-order valence-electron chi connectivity index (χ1n) is 8.77. The van der Waals surface area contributed by atoms with E-state index in [9.17, 15) is 4.79 Å². The summed E-state index contributed by atoms with van der Waals surface area (Å²) in [6.45, 7) is 8.99. The van der Waals surface area contributed by atoms with Crippen LogP contribution in [0.25, 0.3) is 0 Å². The number of halogens is 1. The number of amides is 1. The molecule has 27 heavy (non-hydrogen) atoms. The predicted molar refractivity (Wildman–Crippen MR) is 123 cm³/mol. The van der Waals surface area contributed by atoms with E-state index < -0.39 is 0 Å². The van der Waals surface area contributed by atoms with Crippen molar-refractivity contribution < 1.29 is 4.79 Å². The van der Waals surface area contributed by atoms with E-state index in [2.05, 4.69) is 52.3 Å². The zero-order valence-electron chi connectivity index (χ0n) is 16.0. The van der Waals surface area contributed by atoms with Crippen LogP contribution in [0.15, 0.2) is 47.0 Å². The zero-order chi connectivity index (χ0) is 18.8. The third kappa shape index (κ3) is 7.84. The van der Waals surface area contributed by atoms with E-state index in [0.717, 1.165) is 12.5 Å².